The summed E-state index contributed by atoms with van der Waals surface area (Å²) in [5.41, 5.74) is 5.74. The first-order valence-electron chi connectivity index (χ1n) is 3.14. The van der Waals surface area contributed by atoms with E-state index in [-0.39, 0.29) is 12.2 Å². The Hall–Kier alpha value is -1.01. The van der Waals surface area contributed by atoms with Crippen LogP contribution in [0.2, 0.25) is 0 Å². The van der Waals surface area contributed by atoms with E-state index in [9.17, 15) is 10.1 Å². The molecular formula is C6H6BrN3O2. The second-order valence-corrected chi connectivity index (χ2v) is 2.91. The molecule has 1 aromatic heterocycles. The summed E-state index contributed by atoms with van der Waals surface area (Å²) in [6, 6.07) is 1.54. The molecule has 6 heteroatoms. The molecule has 0 spiro atoms. The Morgan fingerprint density at radius 3 is 2.92 bits per heavy atom. The number of nitrogens with two attached hydrogens (primary N) is 1. The van der Waals surface area contributed by atoms with Gasteiger partial charge in [0.05, 0.1) is 4.92 Å². The van der Waals surface area contributed by atoms with E-state index in [2.05, 4.69) is 20.9 Å². The van der Waals surface area contributed by atoms with E-state index in [1.54, 1.807) is 0 Å². The summed E-state index contributed by atoms with van der Waals surface area (Å²) in [5, 5.41) is 10.4. The number of aromatic nitrogens is 1. The summed E-state index contributed by atoms with van der Waals surface area (Å²) in [6.45, 7) is 0.136. The Kier molecular flexibility index (Phi) is 2.72. The number of pyridine rings is 1. The van der Waals surface area contributed by atoms with Crippen molar-refractivity contribution < 1.29 is 4.92 Å². The van der Waals surface area contributed by atoms with E-state index < -0.39 is 4.92 Å². The summed E-state index contributed by atoms with van der Waals surface area (Å²) in [6.07, 6.45) is 1.19. The molecule has 0 amide bonds. The molecule has 64 valence electrons. The van der Waals surface area contributed by atoms with Crippen LogP contribution in [-0.2, 0) is 6.54 Å². The first kappa shape index (κ1) is 9.08. The van der Waals surface area contributed by atoms with Crippen LogP contribution in [0.3, 0.4) is 0 Å². The van der Waals surface area contributed by atoms with Gasteiger partial charge in [0, 0.05) is 12.1 Å². The molecular weight excluding hydrogens is 226 g/mol. The fourth-order valence-corrected chi connectivity index (χ4v) is 1.17. The van der Waals surface area contributed by atoms with Crippen molar-refractivity contribution in [1.82, 2.24) is 4.98 Å². The second kappa shape index (κ2) is 3.59. The standard InChI is InChI=1S/C6H6BrN3O2/c7-6-1-4(2-8)5(3-9-6)10(11)12/h1,3H,2,8H2. The van der Waals surface area contributed by atoms with E-state index in [0.29, 0.717) is 10.2 Å². The summed E-state index contributed by atoms with van der Waals surface area (Å²) >= 11 is 3.10. The minimum atomic E-state index is -0.498. The highest BCUT2D eigenvalue weighted by atomic mass is 79.9. The van der Waals surface area contributed by atoms with Gasteiger partial charge in [0.2, 0.25) is 0 Å². The van der Waals surface area contributed by atoms with E-state index in [0.717, 1.165) is 0 Å². The van der Waals surface area contributed by atoms with Gasteiger partial charge in [0.25, 0.3) is 5.69 Å². The van der Waals surface area contributed by atoms with E-state index >= 15 is 0 Å². The molecule has 1 heterocycles. The van der Waals surface area contributed by atoms with Crippen molar-refractivity contribution in [2.24, 2.45) is 5.73 Å². The zero-order valence-electron chi connectivity index (χ0n) is 6.03. The molecule has 0 fully saturated rings. The van der Waals surface area contributed by atoms with Crippen molar-refractivity contribution in [3.05, 3.63) is 32.5 Å². The van der Waals surface area contributed by atoms with Crippen molar-refractivity contribution in [2.45, 2.75) is 6.54 Å². The topological polar surface area (TPSA) is 82.0 Å². The predicted octanol–water partition coefficient (Wildman–Crippen LogP) is 1.21. The molecule has 0 aromatic carbocycles. The number of hydrogen-bond donors (Lipinski definition) is 1. The molecule has 1 aromatic rings. The van der Waals surface area contributed by atoms with Crippen molar-refractivity contribution in [3.63, 3.8) is 0 Å². The van der Waals surface area contributed by atoms with Gasteiger partial charge >= 0.3 is 0 Å². The van der Waals surface area contributed by atoms with Crippen LogP contribution in [0.1, 0.15) is 5.56 Å². The van der Waals surface area contributed by atoms with E-state index in [1.165, 1.54) is 12.3 Å². The minimum absolute atomic E-state index is 0.0410. The number of rotatable bonds is 2. The molecule has 0 aliphatic rings. The van der Waals surface area contributed by atoms with Gasteiger partial charge in [-0.15, -0.1) is 0 Å². The Labute approximate surface area is 76.9 Å². The third kappa shape index (κ3) is 1.77. The lowest BCUT2D eigenvalue weighted by molar-refractivity contribution is -0.385. The Morgan fingerprint density at radius 1 is 1.75 bits per heavy atom. The van der Waals surface area contributed by atoms with Crippen molar-refractivity contribution in [3.8, 4) is 0 Å². The molecule has 0 atom stereocenters. The van der Waals surface area contributed by atoms with Crippen LogP contribution < -0.4 is 5.73 Å². The first-order chi connectivity index (χ1) is 5.65. The van der Waals surface area contributed by atoms with Crippen LogP contribution in [0.25, 0.3) is 0 Å². The maximum absolute atomic E-state index is 10.4. The van der Waals surface area contributed by atoms with Gasteiger partial charge in [-0.3, -0.25) is 10.1 Å². The fraction of sp³-hybridized carbons (Fsp3) is 0.167. The van der Waals surface area contributed by atoms with Crippen LogP contribution in [0.4, 0.5) is 5.69 Å². The van der Waals surface area contributed by atoms with Gasteiger partial charge in [-0.05, 0) is 22.0 Å². The van der Waals surface area contributed by atoms with Crippen LogP contribution in [-0.4, -0.2) is 9.91 Å². The van der Waals surface area contributed by atoms with Crippen LogP contribution in [0, 0.1) is 10.1 Å². The van der Waals surface area contributed by atoms with Gasteiger partial charge < -0.3 is 5.73 Å². The SMILES string of the molecule is NCc1cc(Br)ncc1[N+](=O)[O-]. The maximum Gasteiger partial charge on any atom is 0.292 e. The van der Waals surface area contributed by atoms with Crippen molar-refractivity contribution >= 4 is 21.6 Å². The summed E-state index contributed by atoms with van der Waals surface area (Å²) < 4.78 is 0.550. The van der Waals surface area contributed by atoms with Crippen LogP contribution in [0.5, 0.6) is 0 Å². The Balaban J connectivity index is 3.20. The highest BCUT2D eigenvalue weighted by Gasteiger charge is 2.12. The second-order valence-electron chi connectivity index (χ2n) is 2.10. The molecule has 2 N–H and O–H groups in total. The predicted molar refractivity (Wildman–Crippen MR) is 46.5 cm³/mol. The lowest BCUT2D eigenvalue weighted by atomic mass is 10.2. The number of hydrogen-bond acceptors (Lipinski definition) is 4. The molecule has 5 nitrogen and oxygen atoms in total. The average Bonchev–Trinajstić information content (AvgIpc) is 2.03. The molecule has 0 unspecified atom stereocenters. The van der Waals surface area contributed by atoms with E-state index in [4.69, 9.17) is 5.73 Å². The highest BCUT2D eigenvalue weighted by Crippen LogP contribution is 2.19. The molecule has 1 rings (SSSR count). The monoisotopic (exact) mass is 231 g/mol. The number of halogens is 1. The van der Waals surface area contributed by atoms with Gasteiger partial charge in [-0.25, -0.2) is 4.98 Å². The van der Waals surface area contributed by atoms with Gasteiger partial charge in [0.15, 0.2) is 0 Å². The molecule has 0 aliphatic heterocycles. The smallest absolute Gasteiger partial charge is 0.292 e. The van der Waals surface area contributed by atoms with Crippen LogP contribution >= 0.6 is 15.9 Å². The largest absolute Gasteiger partial charge is 0.326 e. The number of nitrogens with zero attached hydrogens (tertiary/aromatic N) is 2. The number of nitro groups is 1. The average molecular weight is 232 g/mol. The zero-order valence-corrected chi connectivity index (χ0v) is 7.61. The molecule has 0 aliphatic carbocycles. The minimum Gasteiger partial charge on any atom is -0.326 e. The summed E-state index contributed by atoms with van der Waals surface area (Å²) in [4.78, 5) is 13.6. The maximum atomic E-state index is 10.4. The van der Waals surface area contributed by atoms with Gasteiger partial charge in [-0.2, -0.15) is 0 Å². The fourth-order valence-electron chi connectivity index (χ4n) is 0.789. The van der Waals surface area contributed by atoms with Gasteiger partial charge in [-0.1, -0.05) is 0 Å². The molecule has 0 saturated heterocycles. The lowest BCUT2D eigenvalue weighted by Crippen LogP contribution is -2.02. The van der Waals surface area contributed by atoms with Gasteiger partial charge in [0.1, 0.15) is 10.8 Å². The third-order valence-corrected chi connectivity index (χ3v) is 1.78. The lowest BCUT2D eigenvalue weighted by Gasteiger charge is -1.98. The zero-order chi connectivity index (χ0) is 9.14. The van der Waals surface area contributed by atoms with Crippen LogP contribution in [0.15, 0.2) is 16.9 Å². The quantitative estimate of drug-likeness (QED) is 0.472. The third-order valence-electron chi connectivity index (χ3n) is 1.35. The normalized spacial score (nSPS) is 9.83. The highest BCUT2D eigenvalue weighted by molar-refractivity contribution is 9.10. The molecule has 12 heavy (non-hydrogen) atoms. The van der Waals surface area contributed by atoms with E-state index in [1.807, 2.05) is 0 Å². The molecule has 0 bridgehead atoms. The Bertz CT molecular complexity index is 316. The summed E-state index contributed by atoms with van der Waals surface area (Å²) in [7, 11) is 0. The first-order valence-corrected chi connectivity index (χ1v) is 3.93. The molecule has 0 radical (unpaired) electrons. The Morgan fingerprint density at radius 2 is 2.42 bits per heavy atom. The van der Waals surface area contributed by atoms with Crippen molar-refractivity contribution in [2.75, 3.05) is 0 Å². The summed E-state index contributed by atoms with van der Waals surface area (Å²) in [5.74, 6) is 0. The van der Waals surface area contributed by atoms with Crippen molar-refractivity contribution in [1.29, 1.82) is 0 Å². The molecule has 0 saturated carbocycles.